The molecule has 5 heteroatoms. The number of fused-ring (bicyclic) bond motifs is 1. The van der Waals surface area contributed by atoms with E-state index in [2.05, 4.69) is 15.9 Å². The Bertz CT molecular complexity index is 528. The Hall–Kier alpha value is -0.870. The summed E-state index contributed by atoms with van der Waals surface area (Å²) in [6, 6.07) is 5.14. The van der Waals surface area contributed by atoms with Crippen LogP contribution in [0.2, 0.25) is 5.02 Å². The molecular formula is C13H13BrClNO2. The van der Waals surface area contributed by atoms with E-state index in [0.717, 1.165) is 5.33 Å². The molecule has 0 aliphatic carbocycles. The molecule has 1 aromatic carbocycles. The summed E-state index contributed by atoms with van der Waals surface area (Å²) in [6.07, 6.45) is 0. The minimum absolute atomic E-state index is 0.111. The number of alkyl halides is 1. The van der Waals surface area contributed by atoms with Crippen molar-refractivity contribution >= 4 is 44.9 Å². The molecule has 0 bridgehead atoms. The second kappa shape index (κ2) is 4.67. The normalized spacial score (nSPS) is 15.2. The van der Waals surface area contributed by atoms with Crippen molar-refractivity contribution in [1.82, 2.24) is 0 Å². The standard InChI is InChI=1S/C13H13BrClNO2/c1-13(2,6-14)7-16-9-5-3-4-8(15)10(9)11(17)12(16)18/h3-5H,6-7H2,1-2H3. The van der Waals surface area contributed by atoms with Crippen LogP contribution in [0.25, 0.3) is 0 Å². The zero-order chi connectivity index (χ0) is 13.5. The number of anilines is 1. The monoisotopic (exact) mass is 329 g/mol. The van der Waals surface area contributed by atoms with E-state index in [0.29, 0.717) is 22.8 Å². The highest BCUT2D eigenvalue weighted by Crippen LogP contribution is 2.36. The predicted octanol–water partition coefficient (Wildman–Crippen LogP) is 3.29. The first-order valence-electron chi connectivity index (χ1n) is 5.58. The summed E-state index contributed by atoms with van der Waals surface area (Å²) in [5.74, 6) is -1.01. The summed E-state index contributed by atoms with van der Waals surface area (Å²) in [6.45, 7) is 4.54. The molecule has 0 N–H and O–H groups in total. The van der Waals surface area contributed by atoms with Gasteiger partial charge in [0, 0.05) is 11.9 Å². The van der Waals surface area contributed by atoms with Gasteiger partial charge in [-0.2, -0.15) is 0 Å². The Balaban J connectivity index is 2.44. The molecule has 0 fully saturated rings. The lowest BCUT2D eigenvalue weighted by molar-refractivity contribution is -0.114. The Morgan fingerprint density at radius 2 is 2.00 bits per heavy atom. The molecule has 1 aromatic rings. The van der Waals surface area contributed by atoms with Crippen LogP contribution in [0.4, 0.5) is 5.69 Å². The van der Waals surface area contributed by atoms with E-state index in [1.54, 1.807) is 18.2 Å². The highest BCUT2D eigenvalue weighted by atomic mass is 79.9. The Morgan fingerprint density at radius 3 is 2.61 bits per heavy atom. The van der Waals surface area contributed by atoms with Crippen LogP contribution in [0.1, 0.15) is 24.2 Å². The lowest BCUT2D eigenvalue weighted by atomic mass is 9.96. The van der Waals surface area contributed by atoms with Crippen molar-refractivity contribution in [1.29, 1.82) is 0 Å². The highest BCUT2D eigenvalue weighted by molar-refractivity contribution is 9.09. The Kier molecular flexibility index (Phi) is 3.52. The van der Waals surface area contributed by atoms with Crippen molar-refractivity contribution in [2.75, 3.05) is 16.8 Å². The molecule has 1 aliphatic heterocycles. The second-order valence-electron chi connectivity index (χ2n) is 5.15. The molecule has 1 amide bonds. The number of carbonyl (C=O) groups excluding carboxylic acids is 2. The van der Waals surface area contributed by atoms with Crippen LogP contribution >= 0.6 is 27.5 Å². The number of halogens is 2. The summed E-state index contributed by atoms with van der Waals surface area (Å²) >= 11 is 9.41. The van der Waals surface area contributed by atoms with Gasteiger partial charge in [0.15, 0.2) is 0 Å². The van der Waals surface area contributed by atoms with E-state index >= 15 is 0 Å². The van der Waals surface area contributed by atoms with Crippen LogP contribution in [-0.4, -0.2) is 23.6 Å². The summed E-state index contributed by atoms with van der Waals surface area (Å²) in [7, 11) is 0. The van der Waals surface area contributed by atoms with Crippen molar-refractivity contribution in [3.05, 3.63) is 28.8 Å². The van der Waals surface area contributed by atoms with Crippen molar-refractivity contribution in [3.63, 3.8) is 0 Å². The van der Waals surface area contributed by atoms with Gasteiger partial charge >= 0.3 is 0 Å². The van der Waals surface area contributed by atoms with Gasteiger partial charge < -0.3 is 4.90 Å². The van der Waals surface area contributed by atoms with Crippen molar-refractivity contribution < 1.29 is 9.59 Å². The minimum Gasteiger partial charge on any atom is -0.304 e. The van der Waals surface area contributed by atoms with Crippen molar-refractivity contribution in [2.24, 2.45) is 5.41 Å². The van der Waals surface area contributed by atoms with Crippen LogP contribution in [0, 0.1) is 5.41 Å². The molecule has 0 aromatic heterocycles. The molecule has 0 radical (unpaired) electrons. The number of carbonyl (C=O) groups is 2. The Labute approximate surface area is 119 Å². The van der Waals surface area contributed by atoms with Gasteiger partial charge in [-0.15, -0.1) is 0 Å². The molecule has 3 nitrogen and oxygen atoms in total. The number of nitrogens with zero attached hydrogens (tertiary/aromatic N) is 1. The number of hydrogen-bond acceptors (Lipinski definition) is 2. The van der Waals surface area contributed by atoms with Crippen LogP contribution in [0.5, 0.6) is 0 Å². The zero-order valence-electron chi connectivity index (χ0n) is 10.2. The van der Waals surface area contributed by atoms with Gasteiger partial charge in [-0.3, -0.25) is 9.59 Å². The molecule has 0 saturated carbocycles. The molecule has 2 rings (SSSR count). The molecule has 0 unspecified atom stereocenters. The molecule has 0 saturated heterocycles. The first kappa shape index (κ1) is 13.6. The SMILES string of the molecule is CC(C)(CBr)CN1C(=O)C(=O)c2c(Cl)cccc21. The summed E-state index contributed by atoms with van der Waals surface area (Å²) < 4.78 is 0. The van der Waals surface area contributed by atoms with Crippen LogP contribution in [0.3, 0.4) is 0 Å². The topological polar surface area (TPSA) is 37.4 Å². The third kappa shape index (κ3) is 2.19. The van der Waals surface area contributed by atoms with Crippen LogP contribution in [0.15, 0.2) is 18.2 Å². The Morgan fingerprint density at radius 1 is 1.33 bits per heavy atom. The summed E-state index contributed by atoms with van der Waals surface area (Å²) in [5, 5.41) is 1.08. The average molecular weight is 331 g/mol. The first-order valence-corrected chi connectivity index (χ1v) is 7.08. The van der Waals surface area contributed by atoms with Gasteiger partial charge in [0.05, 0.1) is 16.3 Å². The van der Waals surface area contributed by atoms with Gasteiger partial charge in [-0.05, 0) is 17.5 Å². The highest BCUT2D eigenvalue weighted by Gasteiger charge is 2.39. The summed E-state index contributed by atoms with van der Waals surface area (Å²) in [4.78, 5) is 25.4. The molecule has 0 atom stereocenters. The molecule has 96 valence electrons. The van der Waals surface area contributed by atoms with Gasteiger partial charge in [-0.25, -0.2) is 0 Å². The van der Waals surface area contributed by atoms with Gasteiger partial charge in [0.2, 0.25) is 0 Å². The van der Waals surface area contributed by atoms with E-state index in [4.69, 9.17) is 11.6 Å². The maximum absolute atomic E-state index is 12.0. The lowest BCUT2D eigenvalue weighted by Crippen LogP contribution is -2.38. The quantitative estimate of drug-likeness (QED) is 0.630. The maximum atomic E-state index is 12.0. The number of Topliss-reactive ketones (excluding diaryl/α,β-unsaturated/α-hetero) is 1. The van der Waals surface area contributed by atoms with E-state index in [1.807, 2.05) is 13.8 Å². The molecule has 1 aliphatic rings. The number of benzene rings is 1. The van der Waals surface area contributed by atoms with Gasteiger partial charge in [-0.1, -0.05) is 47.4 Å². The second-order valence-corrected chi connectivity index (χ2v) is 6.12. The largest absolute Gasteiger partial charge is 0.304 e. The van der Waals surface area contributed by atoms with Crippen molar-refractivity contribution in [3.8, 4) is 0 Å². The minimum atomic E-state index is -0.513. The first-order chi connectivity index (χ1) is 8.37. The third-order valence-corrected chi connectivity index (χ3v) is 4.73. The average Bonchev–Trinajstić information content (AvgIpc) is 2.55. The van der Waals surface area contributed by atoms with Crippen LogP contribution in [-0.2, 0) is 4.79 Å². The molecule has 18 heavy (non-hydrogen) atoms. The zero-order valence-corrected chi connectivity index (χ0v) is 12.5. The van der Waals surface area contributed by atoms with Gasteiger partial charge in [0.25, 0.3) is 11.7 Å². The number of ketones is 1. The lowest BCUT2D eigenvalue weighted by Gasteiger charge is -2.28. The molecule has 1 heterocycles. The van der Waals surface area contributed by atoms with E-state index in [9.17, 15) is 9.59 Å². The number of hydrogen-bond donors (Lipinski definition) is 0. The fraction of sp³-hybridized carbons (Fsp3) is 0.385. The summed E-state index contributed by atoms with van der Waals surface area (Å²) in [5.41, 5.74) is 0.834. The number of amides is 1. The van der Waals surface area contributed by atoms with Gasteiger partial charge in [0.1, 0.15) is 0 Å². The van der Waals surface area contributed by atoms with E-state index in [-0.39, 0.29) is 5.41 Å². The van der Waals surface area contributed by atoms with E-state index < -0.39 is 11.7 Å². The number of rotatable bonds is 3. The molecule has 0 spiro atoms. The van der Waals surface area contributed by atoms with Crippen molar-refractivity contribution in [2.45, 2.75) is 13.8 Å². The van der Waals surface area contributed by atoms with Crippen LogP contribution < -0.4 is 4.90 Å². The van der Waals surface area contributed by atoms with E-state index in [1.165, 1.54) is 4.90 Å². The smallest absolute Gasteiger partial charge is 0.299 e. The predicted molar refractivity (Wildman–Crippen MR) is 75.7 cm³/mol. The fourth-order valence-corrected chi connectivity index (χ4v) is 2.36. The third-order valence-electron chi connectivity index (χ3n) is 2.90. The fourth-order valence-electron chi connectivity index (χ4n) is 1.93. The molecular weight excluding hydrogens is 318 g/mol. The maximum Gasteiger partial charge on any atom is 0.299 e.